The van der Waals surface area contributed by atoms with Crippen LogP contribution in [0.2, 0.25) is 5.02 Å². The second kappa shape index (κ2) is 6.29. The van der Waals surface area contributed by atoms with E-state index in [1.165, 1.54) is 0 Å². The van der Waals surface area contributed by atoms with Gasteiger partial charge in [0.05, 0.1) is 11.3 Å². The Labute approximate surface area is 124 Å². The van der Waals surface area contributed by atoms with Crippen molar-refractivity contribution in [1.29, 1.82) is 0 Å². The molecule has 1 N–H and O–H groups in total. The van der Waals surface area contributed by atoms with Gasteiger partial charge in [-0.3, -0.25) is 0 Å². The lowest BCUT2D eigenvalue weighted by molar-refractivity contribution is 0.421. The molecule has 0 unspecified atom stereocenters. The van der Waals surface area contributed by atoms with Gasteiger partial charge in [-0.2, -0.15) is 5.10 Å². The van der Waals surface area contributed by atoms with Crippen LogP contribution in [0.4, 0.5) is 0 Å². The zero-order chi connectivity index (χ0) is 14.7. The van der Waals surface area contributed by atoms with Crippen LogP contribution < -0.4 is 10.1 Å². The third kappa shape index (κ3) is 3.14. The van der Waals surface area contributed by atoms with Crippen molar-refractivity contribution in [3.63, 3.8) is 0 Å². The molecule has 0 saturated carbocycles. The van der Waals surface area contributed by atoms with Gasteiger partial charge in [-0.15, -0.1) is 0 Å². The van der Waals surface area contributed by atoms with Gasteiger partial charge in [0.1, 0.15) is 5.75 Å². The average Bonchev–Trinajstić information content (AvgIpc) is 2.65. The first-order valence-electron chi connectivity index (χ1n) is 6.70. The molecule has 1 aromatic carbocycles. The Morgan fingerprint density at radius 1 is 1.35 bits per heavy atom. The first kappa shape index (κ1) is 14.9. The molecule has 0 aliphatic rings. The van der Waals surface area contributed by atoms with Gasteiger partial charge in [0.25, 0.3) is 0 Å². The lowest BCUT2D eigenvalue weighted by atomic mass is 10.2. The quantitative estimate of drug-likeness (QED) is 0.915. The van der Waals surface area contributed by atoms with E-state index < -0.39 is 0 Å². The number of hydrogen-bond donors (Lipinski definition) is 1. The molecule has 0 amide bonds. The van der Waals surface area contributed by atoms with E-state index in [1.807, 2.05) is 39.1 Å². The number of benzene rings is 1. The molecule has 0 aliphatic heterocycles. The Hall–Kier alpha value is -1.52. The lowest BCUT2D eigenvalue weighted by Crippen LogP contribution is -2.13. The first-order chi connectivity index (χ1) is 9.52. The maximum atomic E-state index is 6.05. The molecule has 4 nitrogen and oxygen atoms in total. The van der Waals surface area contributed by atoms with Crippen LogP contribution in [-0.4, -0.2) is 16.3 Å². The summed E-state index contributed by atoms with van der Waals surface area (Å²) in [7, 11) is 1.89. The van der Waals surface area contributed by atoms with E-state index >= 15 is 0 Å². The van der Waals surface area contributed by atoms with E-state index in [1.54, 1.807) is 4.68 Å². The molecular weight excluding hydrogens is 274 g/mol. The summed E-state index contributed by atoms with van der Waals surface area (Å²) in [6, 6.07) is 5.61. The summed E-state index contributed by atoms with van der Waals surface area (Å²) in [5, 5.41) is 8.46. The van der Waals surface area contributed by atoms with Crippen molar-refractivity contribution in [2.45, 2.75) is 27.3 Å². The number of halogens is 1. The van der Waals surface area contributed by atoms with Gasteiger partial charge in [0.2, 0.25) is 5.88 Å². The normalized spacial score (nSPS) is 10.8. The van der Waals surface area contributed by atoms with Gasteiger partial charge >= 0.3 is 0 Å². The summed E-state index contributed by atoms with van der Waals surface area (Å²) in [5.41, 5.74) is 3.07. The van der Waals surface area contributed by atoms with Crippen LogP contribution in [0.5, 0.6) is 11.6 Å². The largest absolute Gasteiger partial charge is 0.439 e. The Morgan fingerprint density at radius 3 is 2.75 bits per heavy atom. The fraction of sp³-hybridized carbons (Fsp3) is 0.400. The van der Waals surface area contributed by atoms with Gasteiger partial charge < -0.3 is 10.1 Å². The van der Waals surface area contributed by atoms with E-state index in [9.17, 15) is 0 Å². The second-order valence-corrected chi connectivity index (χ2v) is 5.22. The van der Waals surface area contributed by atoms with E-state index in [-0.39, 0.29) is 0 Å². The molecule has 0 radical (unpaired) electrons. The average molecular weight is 294 g/mol. The number of nitrogens with zero attached hydrogens (tertiary/aromatic N) is 2. The minimum atomic E-state index is 0.712. The molecule has 1 heterocycles. The Bertz CT molecular complexity index is 607. The molecular formula is C15H20ClN3O. The van der Waals surface area contributed by atoms with E-state index in [0.717, 1.165) is 41.5 Å². The van der Waals surface area contributed by atoms with Crippen molar-refractivity contribution >= 4 is 11.6 Å². The van der Waals surface area contributed by atoms with Gasteiger partial charge in [0, 0.05) is 18.6 Å². The van der Waals surface area contributed by atoms with Crippen molar-refractivity contribution in [1.82, 2.24) is 15.1 Å². The smallest absolute Gasteiger partial charge is 0.222 e. The molecule has 0 atom stereocenters. The number of ether oxygens (including phenoxy) is 1. The van der Waals surface area contributed by atoms with Crippen LogP contribution in [0.1, 0.15) is 23.7 Å². The Balaban J connectivity index is 2.32. The topological polar surface area (TPSA) is 39.1 Å². The Kier molecular flexibility index (Phi) is 4.68. The van der Waals surface area contributed by atoms with Crippen LogP contribution in [0, 0.1) is 13.8 Å². The van der Waals surface area contributed by atoms with Crippen molar-refractivity contribution in [2.75, 3.05) is 6.54 Å². The highest BCUT2D eigenvalue weighted by molar-refractivity contribution is 6.30. The van der Waals surface area contributed by atoms with Crippen LogP contribution in [-0.2, 0) is 13.6 Å². The summed E-state index contributed by atoms with van der Waals surface area (Å²) in [6.45, 7) is 7.71. The second-order valence-electron chi connectivity index (χ2n) is 4.78. The van der Waals surface area contributed by atoms with Crippen molar-refractivity contribution in [2.24, 2.45) is 7.05 Å². The maximum Gasteiger partial charge on any atom is 0.222 e. The third-order valence-electron chi connectivity index (χ3n) is 3.18. The number of hydrogen-bond acceptors (Lipinski definition) is 3. The molecule has 0 saturated heterocycles. The van der Waals surface area contributed by atoms with Crippen molar-refractivity contribution in [3.05, 3.63) is 40.0 Å². The van der Waals surface area contributed by atoms with E-state index in [4.69, 9.17) is 16.3 Å². The molecule has 0 spiro atoms. The van der Waals surface area contributed by atoms with Crippen LogP contribution >= 0.6 is 11.6 Å². The minimum Gasteiger partial charge on any atom is -0.439 e. The third-order valence-corrected chi connectivity index (χ3v) is 3.42. The fourth-order valence-corrected chi connectivity index (χ4v) is 2.32. The standard InChI is InChI=1S/C15H20ClN3O/c1-5-17-9-13-11(3)18-19(4)15(13)20-14-7-6-12(16)8-10(14)2/h6-8,17H,5,9H2,1-4H3. The summed E-state index contributed by atoms with van der Waals surface area (Å²) in [5.74, 6) is 1.57. The molecule has 0 bridgehead atoms. The van der Waals surface area contributed by atoms with Crippen molar-refractivity contribution in [3.8, 4) is 11.6 Å². The van der Waals surface area contributed by atoms with Gasteiger partial charge in [-0.1, -0.05) is 18.5 Å². The zero-order valence-corrected chi connectivity index (χ0v) is 13.1. The number of aryl methyl sites for hydroxylation is 3. The molecule has 0 aliphatic carbocycles. The fourth-order valence-electron chi connectivity index (χ4n) is 2.09. The van der Waals surface area contributed by atoms with E-state index in [2.05, 4.69) is 17.3 Å². The van der Waals surface area contributed by atoms with Crippen LogP contribution in [0.3, 0.4) is 0 Å². The molecule has 2 rings (SSSR count). The monoisotopic (exact) mass is 293 g/mol. The highest BCUT2D eigenvalue weighted by atomic mass is 35.5. The van der Waals surface area contributed by atoms with Crippen LogP contribution in [0.25, 0.3) is 0 Å². The SMILES string of the molecule is CCNCc1c(C)nn(C)c1Oc1ccc(Cl)cc1C. The predicted molar refractivity (Wildman–Crippen MR) is 81.6 cm³/mol. The maximum absolute atomic E-state index is 6.05. The minimum absolute atomic E-state index is 0.712. The Morgan fingerprint density at radius 2 is 2.10 bits per heavy atom. The summed E-state index contributed by atoms with van der Waals surface area (Å²) in [4.78, 5) is 0. The zero-order valence-electron chi connectivity index (χ0n) is 12.3. The number of rotatable bonds is 5. The lowest BCUT2D eigenvalue weighted by Gasteiger charge is -2.11. The summed E-state index contributed by atoms with van der Waals surface area (Å²) < 4.78 is 7.82. The molecule has 1 aromatic heterocycles. The van der Waals surface area contributed by atoms with Gasteiger partial charge in [-0.05, 0) is 44.2 Å². The molecule has 20 heavy (non-hydrogen) atoms. The molecule has 2 aromatic rings. The summed E-state index contributed by atoms with van der Waals surface area (Å²) >= 11 is 5.97. The number of aromatic nitrogens is 2. The van der Waals surface area contributed by atoms with Crippen LogP contribution in [0.15, 0.2) is 18.2 Å². The highest BCUT2D eigenvalue weighted by Gasteiger charge is 2.15. The molecule has 108 valence electrons. The molecule has 0 fully saturated rings. The van der Waals surface area contributed by atoms with Gasteiger partial charge in [0.15, 0.2) is 0 Å². The molecule has 5 heteroatoms. The van der Waals surface area contributed by atoms with E-state index in [0.29, 0.717) is 5.02 Å². The number of nitrogens with one attached hydrogen (secondary N) is 1. The van der Waals surface area contributed by atoms with Crippen molar-refractivity contribution < 1.29 is 4.74 Å². The highest BCUT2D eigenvalue weighted by Crippen LogP contribution is 2.30. The van der Waals surface area contributed by atoms with Gasteiger partial charge in [-0.25, -0.2) is 4.68 Å². The summed E-state index contributed by atoms with van der Waals surface area (Å²) in [6.07, 6.45) is 0. The first-order valence-corrected chi connectivity index (χ1v) is 7.08. The predicted octanol–water partition coefficient (Wildman–Crippen LogP) is 3.59.